The lowest BCUT2D eigenvalue weighted by molar-refractivity contribution is -0.144. The van der Waals surface area contributed by atoms with Gasteiger partial charge in [0.2, 0.25) is 5.91 Å². The van der Waals surface area contributed by atoms with Crippen LogP contribution in [0.25, 0.3) is 0 Å². The zero-order valence-corrected chi connectivity index (χ0v) is 17.2. The number of amides is 2. The molecule has 8 heteroatoms. The number of ether oxygens (including phenoxy) is 2. The lowest BCUT2D eigenvalue weighted by Gasteiger charge is -2.31. The van der Waals surface area contributed by atoms with E-state index < -0.39 is 0 Å². The first kappa shape index (κ1) is 22.4. The monoisotopic (exact) mass is 404 g/mol. The van der Waals surface area contributed by atoms with Crippen LogP contribution in [0.1, 0.15) is 50.4 Å². The van der Waals surface area contributed by atoms with Crippen molar-refractivity contribution in [3.63, 3.8) is 0 Å². The number of ketones is 1. The van der Waals surface area contributed by atoms with Gasteiger partial charge in [-0.2, -0.15) is 0 Å². The molecule has 0 aromatic heterocycles. The molecule has 8 nitrogen and oxygen atoms in total. The van der Waals surface area contributed by atoms with Gasteiger partial charge in [-0.1, -0.05) is 13.8 Å². The summed E-state index contributed by atoms with van der Waals surface area (Å²) < 4.78 is 10.4. The standard InChI is InChI=1S/C21H28N2O6/c1-4-10-22(11-9-21(27)28-6-3)19(25)13-23-16-12-15(17(24)5-2)7-8-18(16)29-14-20(23)26/h7-8,12H,4-6,9-11,13-14H2,1-3H3. The molecule has 0 aliphatic carbocycles. The van der Waals surface area contributed by atoms with Crippen LogP contribution in [0.3, 0.4) is 0 Å². The van der Waals surface area contributed by atoms with E-state index in [1.807, 2.05) is 6.92 Å². The number of carbonyl (C=O) groups excluding carboxylic acids is 4. The molecular weight excluding hydrogens is 376 g/mol. The number of esters is 1. The number of rotatable bonds is 10. The molecule has 1 heterocycles. The van der Waals surface area contributed by atoms with Gasteiger partial charge in [-0.05, 0) is 31.5 Å². The SMILES string of the molecule is CCCN(CCC(=O)OCC)C(=O)CN1C(=O)COc2ccc(C(=O)CC)cc21. The number of hydrogen-bond acceptors (Lipinski definition) is 6. The third-order valence-corrected chi connectivity index (χ3v) is 4.58. The summed E-state index contributed by atoms with van der Waals surface area (Å²) in [6, 6.07) is 4.89. The van der Waals surface area contributed by atoms with E-state index in [1.54, 1.807) is 36.9 Å². The maximum absolute atomic E-state index is 12.9. The van der Waals surface area contributed by atoms with E-state index in [0.717, 1.165) is 6.42 Å². The zero-order chi connectivity index (χ0) is 21.4. The minimum atomic E-state index is -0.364. The molecular formula is C21H28N2O6. The first-order chi connectivity index (χ1) is 13.9. The molecule has 0 bridgehead atoms. The van der Waals surface area contributed by atoms with E-state index in [9.17, 15) is 19.2 Å². The average Bonchev–Trinajstić information content (AvgIpc) is 2.72. The van der Waals surface area contributed by atoms with Crippen LogP contribution in [-0.2, 0) is 19.1 Å². The molecule has 1 aromatic carbocycles. The van der Waals surface area contributed by atoms with Gasteiger partial charge in [0, 0.05) is 25.1 Å². The molecule has 0 N–H and O–H groups in total. The van der Waals surface area contributed by atoms with E-state index in [4.69, 9.17) is 9.47 Å². The Labute approximate surface area is 170 Å². The second-order valence-corrected chi connectivity index (χ2v) is 6.66. The molecule has 1 aromatic rings. The molecule has 0 radical (unpaired) electrons. The molecule has 0 saturated carbocycles. The predicted octanol–water partition coefficient (Wildman–Crippen LogP) is 2.20. The van der Waals surface area contributed by atoms with Gasteiger partial charge in [0.1, 0.15) is 12.3 Å². The van der Waals surface area contributed by atoms with Crippen molar-refractivity contribution in [2.24, 2.45) is 0 Å². The minimum Gasteiger partial charge on any atom is -0.482 e. The van der Waals surface area contributed by atoms with E-state index in [1.165, 1.54) is 4.90 Å². The van der Waals surface area contributed by atoms with Crippen molar-refractivity contribution in [1.82, 2.24) is 4.90 Å². The van der Waals surface area contributed by atoms with Crippen LogP contribution in [0, 0.1) is 0 Å². The topological polar surface area (TPSA) is 93.2 Å². The number of hydrogen-bond donors (Lipinski definition) is 0. The van der Waals surface area contributed by atoms with Gasteiger partial charge >= 0.3 is 5.97 Å². The Morgan fingerprint density at radius 1 is 1.17 bits per heavy atom. The Bertz CT molecular complexity index is 776. The Morgan fingerprint density at radius 2 is 1.93 bits per heavy atom. The van der Waals surface area contributed by atoms with Crippen molar-refractivity contribution in [2.45, 2.75) is 40.0 Å². The quantitative estimate of drug-likeness (QED) is 0.438. The average molecular weight is 404 g/mol. The number of nitrogens with zero attached hydrogens (tertiary/aromatic N) is 2. The number of fused-ring (bicyclic) bond motifs is 1. The molecule has 0 spiro atoms. The van der Waals surface area contributed by atoms with Gasteiger partial charge in [0.15, 0.2) is 12.4 Å². The summed E-state index contributed by atoms with van der Waals surface area (Å²) in [5.41, 5.74) is 0.880. The summed E-state index contributed by atoms with van der Waals surface area (Å²) in [4.78, 5) is 51.9. The number of Topliss-reactive ketones (excluding diaryl/α,β-unsaturated/α-hetero) is 1. The fourth-order valence-corrected chi connectivity index (χ4v) is 3.08. The van der Waals surface area contributed by atoms with Gasteiger partial charge < -0.3 is 14.4 Å². The van der Waals surface area contributed by atoms with Crippen LogP contribution in [0.4, 0.5) is 5.69 Å². The zero-order valence-electron chi connectivity index (χ0n) is 17.2. The van der Waals surface area contributed by atoms with Crippen LogP contribution < -0.4 is 9.64 Å². The van der Waals surface area contributed by atoms with Crippen LogP contribution in [-0.4, -0.2) is 61.3 Å². The fraction of sp³-hybridized carbons (Fsp3) is 0.524. The number of benzene rings is 1. The second-order valence-electron chi connectivity index (χ2n) is 6.66. The largest absolute Gasteiger partial charge is 0.482 e. The summed E-state index contributed by atoms with van der Waals surface area (Å²) in [6.45, 7) is 6.06. The summed E-state index contributed by atoms with van der Waals surface area (Å²) in [7, 11) is 0. The lowest BCUT2D eigenvalue weighted by Crippen LogP contribution is -2.47. The molecule has 1 aliphatic heterocycles. The second kappa shape index (κ2) is 10.6. The molecule has 0 saturated heterocycles. The van der Waals surface area contributed by atoms with Crippen molar-refractivity contribution in [3.8, 4) is 5.75 Å². The van der Waals surface area contributed by atoms with Gasteiger partial charge in [0.05, 0.1) is 18.7 Å². The summed E-state index contributed by atoms with van der Waals surface area (Å²) >= 11 is 0. The first-order valence-corrected chi connectivity index (χ1v) is 9.95. The molecule has 29 heavy (non-hydrogen) atoms. The third-order valence-electron chi connectivity index (χ3n) is 4.58. The predicted molar refractivity (Wildman–Crippen MR) is 107 cm³/mol. The van der Waals surface area contributed by atoms with Gasteiger partial charge in [-0.15, -0.1) is 0 Å². The van der Waals surface area contributed by atoms with E-state index in [2.05, 4.69) is 0 Å². The first-order valence-electron chi connectivity index (χ1n) is 9.95. The highest BCUT2D eigenvalue weighted by molar-refractivity contribution is 6.04. The Kier molecular flexibility index (Phi) is 8.18. The van der Waals surface area contributed by atoms with Gasteiger partial charge in [-0.3, -0.25) is 24.1 Å². The molecule has 1 aliphatic rings. The summed E-state index contributed by atoms with van der Waals surface area (Å²) in [5.74, 6) is -0.590. The number of carbonyl (C=O) groups is 4. The van der Waals surface area contributed by atoms with Crippen molar-refractivity contribution >= 4 is 29.3 Å². The van der Waals surface area contributed by atoms with Crippen molar-refractivity contribution in [1.29, 1.82) is 0 Å². The van der Waals surface area contributed by atoms with Crippen LogP contribution in [0.15, 0.2) is 18.2 Å². The smallest absolute Gasteiger partial charge is 0.307 e. The molecule has 2 amide bonds. The van der Waals surface area contributed by atoms with E-state index >= 15 is 0 Å². The maximum atomic E-state index is 12.9. The highest BCUT2D eigenvalue weighted by Gasteiger charge is 2.29. The highest BCUT2D eigenvalue weighted by Crippen LogP contribution is 2.33. The van der Waals surface area contributed by atoms with E-state index in [-0.39, 0.29) is 49.7 Å². The summed E-state index contributed by atoms with van der Waals surface area (Å²) in [6.07, 6.45) is 1.16. The normalized spacial score (nSPS) is 12.8. The summed E-state index contributed by atoms with van der Waals surface area (Å²) in [5, 5.41) is 0. The Hall–Kier alpha value is -2.90. The molecule has 0 fully saturated rings. The van der Waals surface area contributed by atoms with E-state index in [0.29, 0.717) is 36.6 Å². The van der Waals surface area contributed by atoms with Crippen LogP contribution in [0.5, 0.6) is 5.75 Å². The van der Waals surface area contributed by atoms with Gasteiger partial charge in [0.25, 0.3) is 5.91 Å². The highest BCUT2D eigenvalue weighted by atomic mass is 16.5. The fourth-order valence-electron chi connectivity index (χ4n) is 3.08. The Morgan fingerprint density at radius 3 is 2.59 bits per heavy atom. The van der Waals surface area contributed by atoms with Crippen molar-refractivity contribution in [3.05, 3.63) is 23.8 Å². The maximum Gasteiger partial charge on any atom is 0.307 e. The molecule has 158 valence electrons. The molecule has 0 unspecified atom stereocenters. The Balaban J connectivity index is 2.18. The minimum absolute atomic E-state index is 0.0563. The van der Waals surface area contributed by atoms with Crippen LogP contribution >= 0.6 is 0 Å². The lowest BCUT2D eigenvalue weighted by atomic mass is 10.1. The molecule has 2 rings (SSSR count). The van der Waals surface area contributed by atoms with Crippen molar-refractivity contribution in [2.75, 3.05) is 37.7 Å². The van der Waals surface area contributed by atoms with Crippen LogP contribution in [0.2, 0.25) is 0 Å². The van der Waals surface area contributed by atoms with Gasteiger partial charge in [-0.25, -0.2) is 0 Å². The van der Waals surface area contributed by atoms with Crippen molar-refractivity contribution < 1.29 is 28.7 Å². The third kappa shape index (κ3) is 5.79. The molecule has 0 atom stereocenters. The number of anilines is 1.